The number of para-hydroxylation sites is 1. The van der Waals surface area contributed by atoms with Crippen LogP contribution in [0.1, 0.15) is 5.56 Å². The van der Waals surface area contributed by atoms with Crippen LogP contribution in [-0.2, 0) is 6.54 Å². The van der Waals surface area contributed by atoms with E-state index in [-0.39, 0.29) is 23.4 Å². The highest BCUT2D eigenvalue weighted by Gasteiger charge is 2.15. The molecule has 0 heterocycles. The first-order valence-corrected chi connectivity index (χ1v) is 7.80. The number of anilines is 1. The van der Waals surface area contributed by atoms with Crippen LogP contribution in [0.3, 0.4) is 0 Å². The minimum absolute atomic E-state index is 0.131. The van der Waals surface area contributed by atoms with Gasteiger partial charge in [-0.2, -0.15) is 0 Å². The van der Waals surface area contributed by atoms with E-state index in [1.807, 2.05) is 0 Å². The molecule has 0 spiro atoms. The Labute approximate surface area is 148 Å². The lowest BCUT2D eigenvalue weighted by molar-refractivity contribution is 0.413. The van der Waals surface area contributed by atoms with E-state index in [1.165, 1.54) is 43.5 Å². The Kier molecular flexibility index (Phi) is 5.11. The number of halogens is 4. The standard InChI is InChI=1S/C20H15F4NO/c1-26-15-9-13(11-25-20-17(22)6-3-7-18(20)23)19(24)16(10-15)12-4-2-5-14(21)8-12/h2-10,25H,11H2,1H3. The van der Waals surface area contributed by atoms with Gasteiger partial charge in [0.05, 0.1) is 7.11 Å². The zero-order valence-corrected chi connectivity index (χ0v) is 13.8. The smallest absolute Gasteiger partial charge is 0.149 e. The summed E-state index contributed by atoms with van der Waals surface area (Å²) in [4.78, 5) is 0. The van der Waals surface area contributed by atoms with Gasteiger partial charge in [0.15, 0.2) is 0 Å². The van der Waals surface area contributed by atoms with Crippen molar-refractivity contribution in [1.29, 1.82) is 0 Å². The maximum atomic E-state index is 14.9. The van der Waals surface area contributed by atoms with Gasteiger partial charge in [0.25, 0.3) is 0 Å². The Morgan fingerprint density at radius 2 is 1.58 bits per heavy atom. The Morgan fingerprint density at radius 3 is 2.23 bits per heavy atom. The number of nitrogens with one attached hydrogen (secondary N) is 1. The summed E-state index contributed by atoms with van der Waals surface area (Å²) in [7, 11) is 1.41. The van der Waals surface area contributed by atoms with Crippen LogP contribution >= 0.6 is 0 Å². The minimum Gasteiger partial charge on any atom is -0.497 e. The van der Waals surface area contributed by atoms with E-state index < -0.39 is 23.3 Å². The number of rotatable bonds is 5. The van der Waals surface area contributed by atoms with Gasteiger partial charge in [-0.25, -0.2) is 17.6 Å². The van der Waals surface area contributed by atoms with Crippen molar-refractivity contribution in [3.05, 3.63) is 83.4 Å². The average molecular weight is 361 g/mol. The Bertz CT molecular complexity index is 923. The van der Waals surface area contributed by atoms with Crippen molar-refractivity contribution < 1.29 is 22.3 Å². The van der Waals surface area contributed by atoms with Gasteiger partial charge in [-0.1, -0.05) is 18.2 Å². The van der Waals surface area contributed by atoms with Crippen molar-refractivity contribution in [1.82, 2.24) is 0 Å². The van der Waals surface area contributed by atoms with Crippen LogP contribution in [0, 0.1) is 23.3 Å². The summed E-state index contributed by atoms with van der Waals surface area (Å²) >= 11 is 0. The van der Waals surface area contributed by atoms with E-state index in [9.17, 15) is 17.6 Å². The van der Waals surface area contributed by atoms with Crippen molar-refractivity contribution in [3.8, 4) is 16.9 Å². The zero-order chi connectivity index (χ0) is 18.7. The summed E-state index contributed by atoms with van der Waals surface area (Å²) in [6.07, 6.45) is 0. The third kappa shape index (κ3) is 3.64. The normalized spacial score (nSPS) is 10.7. The first kappa shape index (κ1) is 17.8. The summed E-state index contributed by atoms with van der Waals surface area (Å²) in [5, 5.41) is 2.56. The summed E-state index contributed by atoms with van der Waals surface area (Å²) in [6, 6.07) is 11.8. The molecule has 26 heavy (non-hydrogen) atoms. The fraction of sp³-hybridized carbons (Fsp3) is 0.100. The lowest BCUT2D eigenvalue weighted by Gasteiger charge is -2.14. The summed E-state index contributed by atoms with van der Waals surface area (Å²) < 4.78 is 61.0. The van der Waals surface area contributed by atoms with Crippen LogP contribution < -0.4 is 10.1 Å². The van der Waals surface area contributed by atoms with E-state index in [2.05, 4.69) is 5.32 Å². The molecule has 0 saturated carbocycles. The predicted molar refractivity (Wildman–Crippen MR) is 92.0 cm³/mol. The number of benzene rings is 3. The molecule has 0 aliphatic rings. The largest absolute Gasteiger partial charge is 0.497 e. The lowest BCUT2D eigenvalue weighted by atomic mass is 10.0. The monoisotopic (exact) mass is 361 g/mol. The molecular formula is C20H15F4NO. The van der Waals surface area contributed by atoms with Gasteiger partial charge in [0.1, 0.15) is 34.7 Å². The third-order valence-corrected chi connectivity index (χ3v) is 3.91. The fourth-order valence-corrected chi connectivity index (χ4v) is 2.62. The number of hydrogen-bond acceptors (Lipinski definition) is 2. The first-order chi connectivity index (χ1) is 12.5. The highest BCUT2D eigenvalue weighted by molar-refractivity contribution is 5.67. The SMILES string of the molecule is COc1cc(CNc2c(F)cccc2F)c(F)c(-c2cccc(F)c2)c1. The second-order valence-electron chi connectivity index (χ2n) is 5.61. The van der Waals surface area contributed by atoms with Gasteiger partial charge in [0.2, 0.25) is 0 Å². The minimum atomic E-state index is -0.779. The van der Waals surface area contributed by atoms with E-state index in [1.54, 1.807) is 6.07 Å². The van der Waals surface area contributed by atoms with Gasteiger partial charge in [0, 0.05) is 17.7 Å². The molecule has 0 atom stereocenters. The van der Waals surface area contributed by atoms with E-state index >= 15 is 0 Å². The topological polar surface area (TPSA) is 21.3 Å². The lowest BCUT2D eigenvalue weighted by Crippen LogP contribution is -2.06. The number of hydrogen-bond donors (Lipinski definition) is 1. The fourth-order valence-electron chi connectivity index (χ4n) is 2.62. The number of methoxy groups -OCH3 is 1. The van der Waals surface area contributed by atoms with Gasteiger partial charge in [-0.05, 0) is 42.0 Å². The molecular weight excluding hydrogens is 346 g/mol. The van der Waals surface area contributed by atoms with Crippen LogP contribution in [-0.4, -0.2) is 7.11 Å². The first-order valence-electron chi connectivity index (χ1n) is 7.80. The number of ether oxygens (including phenoxy) is 1. The van der Waals surface area contributed by atoms with Crippen molar-refractivity contribution in [2.75, 3.05) is 12.4 Å². The van der Waals surface area contributed by atoms with Crippen molar-refractivity contribution in [2.45, 2.75) is 6.54 Å². The molecule has 0 unspecified atom stereocenters. The molecule has 6 heteroatoms. The molecule has 0 bridgehead atoms. The molecule has 0 fully saturated rings. The maximum absolute atomic E-state index is 14.9. The Morgan fingerprint density at radius 1 is 0.885 bits per heavy atom. The molecule has 3 rings (SSSR count). The second-order valence-corrected chi connectivity index (χ2v) is 5.61. The van der Waals surface area contributed by atoms with E-state index in [4.69, 9.17) is 4.74 Å². The van der Waals surface area contributed by atoms with Crippen LogP contribution in [0.4, 0.5) is 23.2 Å². The zero-order valence-electron chi connectivity index (χ0n) is 13.8. The van der Waals surface area contributed by atoms with Crippen LogP contribution in [0.25, 0.3) is 11.1 Å². The van der Waals surface area contributed by atoms with Gasteiger partial charge < -0.3 is 10.1 Å². The molecule has 1 N–H and O–H groups in total. The molecule has 0 amide bonds. The molecule has 134 valence electrons. The van der Waals surface area contributed by atoms with Gasteiger partial charge in [-0.15, -0.1) is 0 Å². The molecule has 0 aliphatic heterocycles. The van der Waals surface area contributed by atoms with E-state index in [0.29, 0.717) is 11.3 Å². The Hall–Kier alpha value is -3.02. The van der Waals surface area contributed by atoms with Crippen molar-refractivity contribution in [2.24, 2.45) is 0 Å². The second kappa shape index (κ2) is 7.47. The highest BCUT2D eigenvalue weighted by atomic mass is 19.1. The van der Waals surface area contributed by atoms with Crippen LogP contribution in [0.15, 0.2) is 54.6 Å². The molecule has 0 aromatic heterocycles. The average Bonchev–Trinajstić information content (AvgIpc) is 2.62. The third-order valence-electron chi connectivity index (χ3n) is 3.91. The Balaban J connectivity index is 1.98. The summed E-state index contributed by atoms with van der Waals surface area (Å²) in [5.41, 5.74) is 0.252. The van der Waals surface area contributed by atoms with Crippen molar-refractivity contribution in [3.63, 3.8) is 0 Å². The summed E-state index contributed by atoms with van der Waals surface area (Å²) in [6.45, 7) is -0.177. The molecule has 0 aliphatic carbocycles. The van der Waals surface area contributed by atoms with Crippen LogP contribution in [0.5, 0.6) is 5.75 Å². The molecule has 3 aromatic rings. The summed E-state index contributed by atoms with van der Waals surface area (Å²) in [5.74, 6) is -2.34. The molecule has 0 radical (unpaired) electrons. The quantitative estimate of drug-likeness (QED) is 0.603. The van der Waals surface area contributed by atoms with Crippen LogP contribution in [0.2, 0.25) is 0 Å². The molecule has 0 saturated heterocycles. The predicted octanol–water partition coefficient (Wildman–Crippen LogP) is 5.53. The molecule has 2 nitrogen and oxygen atoms in total. The van der Waals surface area contributed by atoms with Crippen molar-refractivity contribution >= 4 is 5.69 Å². The highest BCUT2D eigenvalue weighted by Crippen LogP contribution is 2.31. The maximum Gasteiger partial charge on any atom is 0.149 e. The van der Waals surface area contributed by atoms with E-state index in [0.717, 1.165) is 12.1 Å². The van der Waals surface area contributed by atoms with Gasteiger partial charge >= 0.3 is 0 Å². The molecule has 3 aromatic carbocycles. The van der Waals surface area contributed by atoms with Gasteiger partial charge in [-0.3, -0.25) is 0 Å².